The van der Waals surface area contributed by atoms with Crippen LogP contribution in [0.5, 0.6) is 0 Å². The lowest BCUT2D eigenvalue weighted by Crippen LogP contribution is -2.36. The van der Waals surface area contributed by atoms with Crippen molar-refractivity contribution in [3.63, 3.8) is 0 Å². The monoisotopic (exact) mass is 328 g/mol. The van der Waals surface area contributed by atoms with E-state index < -0.39 is 11.2 Å². The van der Waals surface area contributed by atoms with Gasteiger partial charge in [-0.3, -0.25) is 14.3 Å². The Kier molecular flexibility index (Phi) is 4.74. The number of benzene rings is 1. The Morgan fingerprint density at radius 2 is 2.00 bits per heavy atom. The van der Waals surface area contributed by atoms with E-state index in [0.29, 0.717) is 12.2 Å². The highest BCUT2D eigenvalue weighted by Gasteiger charge is 2.25. The molecule has 1 aliphatic rings. The molecule has 0 bridgehead atoms. The zero-order valence-electron chi connectivity index (χ0n) is 13.9. The molecule has 128 valence electrons. The van der Waals surface area contributed by atoms with E-state index >= 15 is 0 Å². The summed E-state index contributed by atoms with van der Waals surface area (Å²) in [5, 5.41) is 3.26. The van der Waals surface area contributed by atoms with Crippen molar-refractivity contribution in [3.8, 4) is 0 Å². The first-order valence-corrected chi connectivity index (χ1v) is 8.51. The molecule has 1 heterocycles. The number of nitrogens with two attached hydrogens (primary N) is 1. The second-order valence-corrected chi connectivity index (χ2v) is 6.52. The molecule has 2 aromatic rings. The Balaban J connectivity index is 1.90. The van der Waals surface area contributed by atoms with Crippen LogP contribution in [-0.2, 0) is 6.54 Å². The van der Waals surface area contributed by atoms with Crippen molar-refractivity contribution < 1.29 is 0 Å². The van der Waals surface area contributed by atoms with Crippen LogP contribution in [0.3, 0.4) is 0 Å². The van der Waals surface area contributed by atoms with E-state index in [0.717, 1.165) is 24.3 Å². The number of H-pyrrole nitrogens is 1. The summed E-state index contributed by atoms with van der Waals surface area (Å²) in [5.74, 6) is 0.944. The van der Waals surface area contributed by atoms with E-state index in [4.69, 9.17) is 5.73 Å². The van der Waals surface area contributed by atoms with E-state index in [1.54, 1.807) is 0 Å². The number of rotatable bonds is 7. The molecule has 0 spiro atoms. The third-order valence-electron chi connectivity index (χ3n) is 4.58. The van der Waals surface area contributed by atoms with Gasteiger partial charge < -0.3 is 11.1 Å². The van der Waals surface area contributed by atoms with E-state index in [1.165, 1.54) is 17.4 Å². The highest BCUT2D eigenvalue weighted by molar-refractivity contribution is 5.61. The normalized spacial score (nSPS) is 15.2. The topological polar surface area (TPSA) is 92.9 Å². The summed E-state index contributed by atoms with van der Waals surface area (Å²) < 4.78 is 1.41. The van der Waals surface area contributed by atoms with Gasteiger partial charge in [0.25, 0.3) is 5.56 Å². The average molecular weight is 328 g/mol. The Morgan fingerprint density at radius 1 is 1.29 bits per heavy atom. The second-order valence-electron chi connectivity index (χ2n) is 6.52. The van der Waals surface area contributed by atoms with Crippen LogP contribution in [0.25, 0.3) is 0 Å². The predicted molar refractivity (Wildman–Crippen MR) is 96.3 cm³/mol. The molecule has 0 radical (unpaired) electrons. The van der Waals surface area contributed by atoms with E-state index in [-0.39, 0.29) is 11.9 Å². The summed E-state index contributed by atoms with van der Waals surface area (Å²) in [6.45, 7) is 2.42. The van der Waals surface area contributed by atoms with Crippen molar-refractivity contribution >= 4 is 11.5 Å². The quantitative estimate of drug-likeness (QED) is 0.726. The molecule has 0 saturated heterocycles. The molecule has 6 heteroatoms. The molecule has 1 fully saturated rings. The van der Waals surface area contributed by atoms with Crippen LogP contribution >= 0.6 is 0 Å². The maximum atomic E-state index is 12.2. The van der Waals surface area contributed by atoms with Crippen LogP contribution in [0.4, 0.5) is 11.5 Å². The van der Waals surface area contributed by atoms with E-state index in [2.05, 4.69) is 17.2 Å². The number of nitrogen functional groups attached to an aromatic ring is 1. The molecule has 1 atom stereocenters. The van der Waals surface area contributed by atoms with Gasteiger partial charge in [-0.15, -0.1) is 0 Å². The SMILES string of the molecule is CCC(CC1CC1)Nc1c(N)n(Cc2ccccc2)c(=O)[nH]c1=O. The highest BCUT2D eigenvalue weighted by atomic mass is 16.2. The highest BCUT2D eigenvalue weighted by Crippen LogP contribution is 2.34. The van der Waals surface area contributed by atoms with Gasteiger partial charge in [-0.2, -0.15) is 0 Å². The molecular weight excluding hydrogens is 304 g/mol. The Bertz CT molecular complexity index is 806. The standard InChI is InChI=1S/C18H24N4O2/c1-2-14(10-12-8-9-12)20-15-16(19)22(18(24)21-17(15)23)11-13-6-4-3-5-7-13/h3-7,12,14,20H,2,8-11,19H2,1H3,(H,21,23,24). The lowest BCUT2D eigenvalue weighted by molar-refractivity contribution is 0.585. The van der Waals surface area contributed by atoms with Gasteiger partial charge in [0.2, 0.25) is 0 Å². The molecule has 1 saturated carbocycles. The molecule has 24 heavy (non-hydrogen) atoms. The van der Waals surface area contributed by atoms with Gasteiger partial charge in [0, 0.05) is 6.04 Å². The predicted octanol–water partition coefficient (Wildman–Crippen LogP) is 2.16. The van der Waals surface area contributed by atoms with Gasteiger partial charge in [-0.05, 0) is 24.3 Å². The van der Waals surface area contributed by atoms with Crippen LogP contribution in [0.2, 0.25) is 0 Å². The largest absolute Gasteiger partial charge is 0.383 e. The van der Waals surface area contributed by atoms with Crippen molar-refractivity contribution in [1.82, 2.24) is 9.55 Å². The summed E-state index contributed by atoms with van der Waals surface area (Å²) in [5.41, 5.74) is 6.49. The van der Waals surface area contributed by atoms with Crippen molar-refractivity contribution in [3.05, 3.63) is 56.7 Å². The summed E-state index contributed by atoms with van der Waals surface area (Å²) in [4.78, 5) is 26.7. The van der Waals surface area contributed by atoms with Crippen LogP contribution in [0, 0.1) is 5.92 Å². The second kappa shape index (κ2) is 6.95. The van der Waals surface area contributed by atoms with Gasteiger partial charge in [-0.1, -0.05) is 50.1 Å². The number of anilines is 2. The summed E-state index contributed by atoms with van der Waals surface area (Å²) in [7, 11) is 0. The Labute approximate surface area is 140 Å². The van der Waals surface area contributed by atoms with Crippen LogP contribution in [0.15, 0.2) is 39.9 Å². The Hall–Kier alpha value is -2.50. The maximum absolute atomic E-state index is 12.2. The average Bonchev–Trinajstić information content (AvgIpc) is 3.39. The molecule has 1 aromatic heterocycles. The fourth-order valence-electron chi connectivity index (χ4n) is 2.94. The van der Waals surface area contributed by atoms with Gasteiger partial charge in [0.05, 0.1) is 6.54 Å². The minimum Gasteiger partial charge on any atom is -0.383 e. The number of nitrogens with one attached hydrogen (secondary N) is 2. The third kappa shape index (κ3) is 3.69. The van der Waals surface area contributed by atoms with Crippen molar-refractivity contribution in [1.29, 1.82) is 0 Å². The first-order valence-electron chi connectivity index (χ1n) is 8.51. The van der Waals surface area contributed by atoms with Gasteiger partial charge in [-0.25, -0.2) is 4.79 Å². The minimum absolute atomic E-state index is 0.196. The lowest BCUT2D eigenvalue weighted by Gasteiger charge is -2.20. The van der Waals surface area contributed by atoms with E-state index in [9.17, 15) is 9.59 Å². The molecule has 4 N–H and O–H groups in total. The van der Waals surface area contributed by atoms with Crippen molar-refractivity contribution in [2.24, 2.45) is 5.92 Å². The van der Waals surface area contributed by atoms with Crippen LogP contribution in [0.1, 0.15) is 38.2 Å². The molecule has 1 aliphatic carbocycles. The van der Waals surface area contributed by atoms with Crippen LogP contribution < -0.4 is 22.3 Å². The minimum atomic E-state index is -0.484. The molecule has 0 aliphatic heterocycles. The first-order chi connectivity index (χ1) is 11.6. The number of aromatic amines is 1. The first kappa shape index (κ1) is 16.4. The fraction of sp³-hybridized carbons (Fsp3) is 0.444. The third-order valence-corrected chi connectivity index (χ3v) is 4.58. The van der Waals surface area contributed by atoms with Crippen LogP contribution in [-0.4, -0.2) is 15.6 Å². The number of hydrogen-bond acceptors (Lipinski definition) is 4. The van der Waals surface area contributed by atoms with E-state index in [1.807, 2.05) is 30.3 Å². The molecule has 1 aromatic carbocycles. The summed E-state index contributed by atoms with van der Waals surface area (Å²) in [6, 6.07) is 9.77. The maximum Gasteiger partial charge on any atom is 0.330 e. The lowest BCUT2D eigenvalue weighted by atomic mass is 10.1. The molecule has 0 amide bonds. The fourth-order valence-corrected chi connectivity index (χ4v) is 2.94. The number of hydrogen-bond donors (Lipinski definition) is 3. The smallest absolute Gasteiger partial charge is 0.330 e. The van der Waals surface area contributed by atoms with Gasteiger partial charge in [0.1, 0.15) is 11.5 Å². The summed E-state index contributed by atoms with van der Waals surface area (Å²) >= 11 is 0. The van der Waals surface area contributed by atoms with Crippen molar-refractivity contribution in [2.75, 3.05) is 11.1 Å². The summed E-state index contributed by atoms with van der Waals surface area (Å²) in [6.07, 6.45) is 4.47. The zero-order valence-corrected chi connectivity index (χ0v) is 13.9. The number of nitrogens with zero attached hydrogens (tertiary/aromatic N) is 1. The Morgan fingerprint density at radius 3 is 2.62 bits per heavy atom. The molecular formula is C18H24N4O2. The molecule has 1 unspecified atom stereocenters. The molecule has 3 rings (SSSR count). The number of aromatic nitrogens is 2. The zero-order chi connectivity index (χ0) is 17.1. The molecule has 6 nitrogen and oxygen atoms in total. The van der Waals surface area contributed by atoms with Gasteiger partial charge >= 0.3 is 5.69 Å². The van der Waals surface area contributed by atoms with Crippen molar-refractivity contribution in [2.45, 2.75) is 45.2 Å². The van der Waals surface area contributed by atoms with Gasteiger partial charge in [0.15, 0.2) is 0 Å².